The van der Waals surface area contributed by atoms with Gasteiger partial charge in [-0.25, -0.2) is 9.37 Å². The fourth-order valence-electron chi connectivity index (χ4n) is 1.28. The predicted octanol–water partition coefficient (Wildman–Crippen LogP) is 3.96. The molecule has 3 N–H and O–H groups in total. The number of hydrogen-bond donors (Lipinski definition) is 2. The molecule has 0 atom stereocenters. The quantitative estimate of drug-likeness (QED) is 0.881. The molecule has 0 amide bonds. The van der Waals surface area contributed by atoms with E-state index in [-0.39, 0.29) is 5.69 Å². The maximum Gasteiger partial charge on any atom is 0.149 e. The molecule has 0 saturated heterocycles. The highest BCUT2D eigenvalue weighted by molar-refractivity contribution is 9.10. The monoisotopic (exact) mass is 315 g/mol. The summed E-state index contributed by atoms with van der Waals surface area (Å²) in [6.45, 7) is 0. The van der Waals surface area contributed by atoms with Crippen LogP contribution in [0.2, 0.25) is 5.02 Å². The van der Waals surface area contributed by atoms with E-state index < -0.39 is 5.82 Å². The van der Waals surface area contributed by atoms with Crippen molar-refractivity contribution in [1.29, 1.82) is 0 Å². The molecular formula is C11H8BrClFN3. The molecule has 6 heteroatoms. The first-order valence-electron chi connectivity index (χ1n) is 4.70. The molecule has 0 aliphatic rings. The largest absolute Gasteiger partial charge is 0.397 e. The number of halogens is 3. The molecule has 0 bridgehead atoms. The van der Waals surface area contributed by atoms with Gasteiger partial charge in [-0.2, -0.15) is 0 Å². The zero-order valence-electron chi connectivity index (χ0n) is 8.55. The number of rotatable bonds is 2. The zero-order valence-corrected chi connectivity index (χ0v) is 10.9. The van der Waals surface area contributed by atoms with Gasteiger partial charge in [-0.15, -0.1) is 0 Å². The van der Waals surface area contributed by atoms with E-state index in [4.69, 9.17) is 17.3 Å². The lowest BCUT2D eigenvalue weighted by molar-refractivity contribution is 0.631. The number of benzene rings is 1. The molecule has 2 rings (SSSR count). The lowest BCUT2D eigenvalue weighted by atomic mass is 10.3. The molecule has 0 spiro atoms. The summed E-state index contributed by atoms with van der Waals surface area (Å²) in [7, 11) is 0. The molecule has 0 fully saturated rings. The van der Waals surface area contributed by atoms with Crippen LogP contribution in [0.5, 0.6) is 0 Å². The molecule has 1 aromatic carbocycles. The average Bonchev–Trinajstić information content (AvgIpc) is 2.26. The Kier molecular flexibility index (Phi) is 3.49. The first-order chi connectivity index (χ1) is 8.08. The minimum atomic E-state index is -0.394. The molecule has 1 aromatic heterocycles. The highest BCUT2D eigenvalue weighted by Crippen LogP contribution is 2.31. The van der Waals surface area contributed by atoms with Crippen molar-refractivity contribution in [3.63, 3.8) is 0 Å². The Morgan fingerprint density at radius 1 is 1.41 bits per heavy atom. The number of anilines is 3. The van der Waals surface area contributed by atoms with Crippen molar-refractivity contribution in [1.82, 2.24) is 4.98 Å². The van der Waals surface area contributed by atoms with E-state index in [1.54, 1.807) is 18.2 Å². The van der Waals surface area contributed by atoms with Crippen molar-refractivity contribution in [2.45, 2.75) is 0 Å². The van der Waals surface area contributed by atoms with Gasteiger partial charge < -0.3 is 11.1 Å². The second-order valence-electron chi connectivity index (χ2n) is 3.32. The van der Waals surface area contributed by atoms with Crippen molar-refractivity contribution in [3.05, 3.63) is 45.8 Å². The van der Waals surface area contributed by atoms with Crippen LogP contribution in [0.1, 0.15) is 0 Å². The minimum Gasteiger partial charge on any atom is -0.397 e. The summed E-state index contributed by atoms with van der Waals surface area (Å²) in [6.07, 6.45) is 1.45. The summed E-state index contributed by atoms with van der Waals surface area (Å²) in [4.78, 5) is 4.00. The van der Waals surface area contributed by atoms with E-state index in [0.717, 1.165) is 0 Å². The van der Waals surface area contributed by atoms with Crippen LogP contribution in [0, 0.1) is 5.82 Å². The lowest BCUT2D eigenvalue weighted by Gasteiger charge is -2.10. The molecule has 2 aromatic rings. The molecule has 0 radical (unpaired) electrons. The third kappa shape index (κ3) is 2.68. The number of nitrogens with one attached hydrogen (secondary N) is 1. The van der Waals surface area contributed by atoms with Crippen LogP contribution >= 0.6 is 27.5 Å². The Morgan fingerprint density at radius 3 is 2.82 bits per heavy atom. The van der Waals surface area contributed by atoms with Gasteiger partial charge in [0.2, 0.25) is 0 Å². The Hall–Kier alpha value is -1.33. The topological polar surface area (TPSA) is 50.9 Å². The predicted molar refractivity (Wildman–Crippen MR) is 71.0 cm³/mol. The normalized spacial score (nSPS) is 10.3. The number of para-hydroxylation sites is 1. The zero-order chi connectivity index (χ0) is 12.4. The van der Waals surface area contributed by atoms with Gasteiger partial charge in [-0.05, 0) is 34.1 Å². The van der Waals surface area contributed by atoms with Crippen molar-refractivity contribution < 1.29 is 4.39 Å². The molecule has 1 heterocycles. The van der Waals surface area contributed by atoms with E-state index in [1.807, 2.05) is 0 Å². The van der Waals surface area contributed by atoms with Crippen LogP contribution in [0.15, 0.2) is 34.9 Å². The second kappa shape index (κ2) is 4.89. The summed E-state index contributed by atoms with van der Waals surface area (Å²) >= 11 is 9.19. The Labute approximate surface area is 111 Å². The number of hydrogen-bond acceptors (Lipinski definition) is 3. The third-order valence-electron chi connectivity index (χ3n) is 2.07. The van der Waals surface area contributed by atoms with Gasteiger partial charge in [-0.3, -0.25) is 0 Å². The van der Waals surface area contributed by atoms with Gasteiger partial charge in [0.05, 0.1) is 22.6 Å². The minimum absolute atomic E-state index is 0.284. The van der Waals surface area contributed by atoms with Gasteiger partial charge >= 0.3 is 0 Å². The van der Waals surface area contributed by atoms with Gasteiger partial charge in [-0.1, -0.05) is 17.7 Å². The molecule has 0 aliphatic carbocycles. The fourth-order valence-corrected chi connectivity index (χ4v) is 1.94. The van der Waals surface area contributed by atoms with Crippen molar-refractivity contribution >= 4 is 44.7 Å². The number of nitrogens with zero attached hydrogens (tertiary/aromatic N) is 1. The highest BCUT2D eigenvalue weighted by atomic mass is 79.9. The van der Waals surface area contributed by atoms with Crippen molar-refractivity contribution in [2.24, 2.45) is 0 Å². The van der Waals surface area contributed by atoms with Crippen LogP contribution in [0.4, 0.5) is 21.6 Å². The summed E-state index contributed by atoms with van der Waals surface area (Å²) in [6, 6.07) is 6.21. The highest BCUT2D eigenvalue weighted by Gasteiger charge is 2.09. The Bertz CT molecular complexity index is 542. The first kappa shape index (κ1) is 12.1. The van der Waals surface area contributed by atoms with E-state index in [9.17, 15) is 4.39 Å². The average molecular weight is 317 g/mol. The molecule has 0 saturated carbocycles. The maximum atomic E-state index is 13.6. The fraction of sp³-hybridized carbons (Fsp3) is 0. The number of nitrogens with two attached hydrogens (primary N) is 1. The third-order valence-corrected chi connectivity index (χ3v) is 3.02. The van der Waals surface area contributed by atoms with Crippen LogP contribution in [0.3, 0.4) is 0 Å². The van der Waals surface area contributed by atoms with Crippen LogP contribution in [-0.4, -0.2) is 4.98 Å². The van der Waals surface area contributed by atoms with E-state index >= 15 is 0 Å². The smallest absolute Gasteiger partial charge is 0.149 e. The van der Waals surface area contributed by atoms with Crippen LogP contribution in [0.25, 0.3) is 0 Å². The Balaban J connectivity index is 2.38. The summed E-state index contributed by atoms with van der Waals surface area (Å²) in [5, 5.41) is 3.15. The number of pyridine rings is 1. The van der Waals surface area contributed by atoms with E-state index in [0.29, 0.717) is 21.0 Å². The van der Waals surface area contributed by atoms with E-state index in [2.05, 4.69) is 26.2 Å². The molecular weight excluding hydrogens is 308 g/mol. The van der Waals surface area contributed by atoms with Gasteiger partial charge in [0.15, 0.2) is 0 Å². The first-order valence-corrected chi connectivity index (χ1v) is 5.87. The van der Waals surface area contributed by atoms with Crippen molar-refractivity contribution in [3.8, 4) is 0 Å². The molecule has 0 aliphatic heterocycles. The van der Waals surface area contributed by atoms with E-state index in [1.165, 1.54) is 12.3 Å². The number of aromatic nitrogens is 1. The molecule has 17 heavy (non-hydrogen) atoms. The van der Waals surface area contributed by atoms with Crippen LogP contribution in [-0.2, 0) is 0 Å². The standard InChI is InChI=1S/C11H8BrClFN3/c12-7-2-1-3-9(14)10(7)17-11-8(13)4-6(15)5-16-11/h1-5H,15H2,(H,16,17). The van der Waals surface area contributed by atoms with Gasteiger partial charge in [0.25, 0.3) is 0 Å². The van der Waals surface area contributed by atoms with Gasteiger partial charge in [0, 0.05) is 4.47 Å². The van der Waals surface area contributed by atoms with Gasteiger partial charge in [0.1, 0.15) is 11.6 Å². The molecule has 3 nitrogen and oxygen atoms in total. The lowest BCUT2D eigenvalue weighted by Crippen LogP contribution is -1.99. The van der Waals surface area contributed by atoms with Crippen molar-refractivity contribution in [2.75, 3.05) is 11.1 Å². The summed E-state index contributed by atoms with van der Waals surface area (Å²) in [5.41, 5.74) is 6.26. The summed E-state index contributed by atoms with van der Waals surface area (Å²) < 4.78 is 14.1. The molecule has 88 valence electrons. The van der Waals surface area contributed by atoms with Crippen LogP contribution < -0.4 is 11.1 Å². The maximum absolute atomic E-state index is 13.6. The Morgan fingerprint density at radius 2 is 2.18 bits per heavy atom. The molecule has 0 unspecified atom stereocenters. The number of nitrogen functional groups attached to an aromatic ring is 1. The SMILES string of the molecule is Nc1cnc(Nc2c(F)cccc2Br)c(Cl)c1. The summed E-state index contributed by atoms with van der Waals surface area (Å²) in [5.74, 6) is -0.0410. The second-order valence-corrected chi connectivity index (χ2v) is 4.58.